The summed E-state index contributed by atoms with van der Waals surface area (Å²) in [4.78, 5) is 22.5. The smallest absolute Gasteiger partial charge is 0.272 e. The minimum Gasteiger partial charge on any atom is -0.361 e. The van der Waals surface area contributed by atoms with Crippen LogP contribution >= 0.6 is 0 Å². The Kier molecular flexibility index (Phi) is 3.55. The number of anilines is 1. The van der Waals surface area contributed by atoms with Gasteiger partial charge in [-0.15, -0.1) is 0 Å². The summed E-state index contributed by atoms with van der Waals surface area (Å²) in [6.07, 6.45) is 7.89. The van der Waals surface area contributed by atoms with Crippen LogP contribution < -0.4 is 10.2 Å². The number of hydrogen-bond donors (Lipinski definition) is 2. The van der Waals surface area contributed by atoms with Crippen LogP contribution in [0.5, 0.6) is 0 Å². The molecule has 7 heteroatoms. The van der Waals surface area contributed by atoms with E-state index >= 15 is 0 Å². The lowest BCUT2D eigenvalue weighted by Gasteiger charge is -2.22. The van der Waals surface area contributed by atoms with Gasteiger partial charge in [0, 0.05) is 14.1 Å². The van der Waals surface area contributed by atoms with E-state index in [1.54, 1.807) is 6.20 Å². The molecule has 3 rings (SSSR count). The van der Waals surface area contributed by atoms with E-state index in [1.165, 1.54) is 11.8 Å². The molecule has 0 saturated carbocycles. The van der Waals surface area contributed by atoms with E-state index in [-0.39, 0.29) is 11.9 Å². The maximum absolute atomic E-state index is 12.3. The Bertz CT molecular complexity index is 633. The monoisotopic (exact) mass is 286 g/mol. The molecule has 2 N–H and O–H groups in total. The molecule has 0 aliphatic heterocycles. The first kappa shape index (κ1) is 13.5. The molecule has 2 aromatic heterocycles. The third-order valence-electron chi connectivity index (χ3n) is 3.67. The number of nitrogens with one attached hydrogen (secondary N) is 2. The normalized spacial score (nSPS) is 17.1. The molecule has 7 nitrogen and oxygen atoms in total. The van der Waals surface area contributed by atoms with E-state index in [9.17, 15) is 4.79 Å². The van der Waals surface area contributed by atoms with Gasteiger partial charge in [0.2, 0.25) is 0 Å². The van der Waals surface area contributed by atoms with Crippen LogP contribution in [0.25, 0.3) is 0 Å². The molecule has 2 heterocycles. The first-order valence-corrected chi connectivity index (χ1v) is 6.97. The summed E-state index contributed by atoms with van der Waals surface area (Å²) in [6, 6.07) is -0.0286. The second kappa shape index (κ2) is 5.51. The van der Waals surface area contributed by atoms with E-state index in [0.29, 0.717) is 5.69 Å². The lowest BCUT2D eigenvalue weighted by Crippen LogP contribution is -2.31. The van der Waals surface area contributed by atoms with Gasteiger partial charge >= 0.3 is 0 Å². The summed E-state index contributed by atoms with van der Waals surface area (Å²) in [5.41, 5.74) is 2.51. The van der Waals surface area contributed by atoms with Crippen LogP contribution in [0.4, 0.5) is 5.82 Å². The standard InChI is InChI=1S/C14H18N6O/c1-20(2)12-8-15-11(7-16-12)14(21)18-10-5-3-4-9-6-17-19-13(9)10/h6-8,10H,3-5H2,1-2H3,(H,17,19)(H,18,21). The van der Waals surface area contributed by atoms with E-state index in [1.807, 2.05) is 25.2 Å². The maximum atomic E-state index is 12.3. The van der Waals surface area contributed by atoms with Gasteiger partial charge in [0.1, 0.15) is 11.5 Å². The quantitative estimate of drug-likeness (QED) is 0.881. The predicted octanol–water partition coefficient (Wildman–Crippen LogP) is 1.07. The fourth-order valence-corrected chi connectivity index (χ4v) is 2.51. The molecule has 110 valence electrons. The number of amides is 1. The number of rotatable bonds is 3. The Morgan fingerprint density at radius 3 is 2.90 bits per heavy atom. The van der Waals surface area contributed by atoms with E-state index < -0.39 is 0 Å². The summed E-state index contributed by atoms with van der Waals surface area (Å²) in [5.74, 6) is 0.514. The Morgan fingerprint density at radius 1 is 1.33 bits per heavy atom. The van der Waals surface area contributed by atoms with Crippen molar-refractivity contribution in [3.8, 4) is 0 Å². The molecule has 0 fully saturated rings. The van der Waals surface area contributed by atoms with E-state index in [0.717, 1.165) is 30.8 Å². The summed E-state index contributed by atoms with van der Waals surface area (Å²) in [6.45, 7) is 0. The van der Waals surface area contributed by atoms with E-state index in [2.05, 4.69) is 25.5 Å². The number of H-pyrrole nitrogens is 1. The topological polar surface area (TPSA) is 86.8 Å². The molecule has 1 atom stereocenters. The van der Waals surface area contributed by atoms with Gasteiger partial charge < -0.3 is 10.2 Å². The summed E-state index contributed by atoms with van der Waals surface area (Å²) >= 11 is 0. The lowest BCUT2D eigenvalue weighted by atomic mass is 9.93. The van der Waals surface area contributed by atoms with Crippen molar-refractivity contribution in [1.29, 1.82) is 0 Å². The highest BCUT2D eigenvalue weighted by Gasteiger charge is 2.24. The van der Waals surface area contributed by atoms with Crippen molar-refractivity contribution < 1.29 is 4.79 Å². The highest BCUT2D eigenvalue weighted by atomic mass is 16.1. The maximum Gasteiger partial charge on any atom is 0.272 e. The molecular formula is C14H18N6O. The second-order valence-electron chi connectivity index (χ2n) is 5.38. The van der Waals surface area contributed by atoms with E-state index in [4.69, 9.17) is 0 Å². The highest BCUT2D eigenvalue weighted by Crippen LogP contribution is 2.27. The van der Waals surface area contributed by atoms with Crippen LogP contribution in [0.1, 0.15) is 40.6 Å². The summed E-state index contributed by atoms with van der Waals surface area (Å²) in [7, 11) is 3.76. The Hall–Kier alpha value is -2.44. The first-order valence-electron chi connectivity index (χ1n) is 6.97. The molecule has 0 aromatic carbocycles. The SMILES string of the molecule is CN(C)c1cnc(C(=O)NC2CCCc3cn[nH]c32)cn1. The number of carbonyl (C=O) groups excluding carboxylic acids is 1. The number of aryl methyl sites for hydroxylation is 1. The van der Waals surface area contributed by atoms with Gasteiger partial charge in [-0.2, -0.15) is 5.10 Å². The number of hydrogen-bond acceptors (Lipinski definition) is 5. The summed E-state index contributed by atoms with van der Waals surface area (Å²) in [5, 5.41) is 10.0. The average Bonchev–Trinajstić information content (AvgIpc) is 2.97. The van der Waals surface area contributed by atoms with Crippen LogP contribution in [0, 0.1) is 0 Å². The van der Waals surface area contributed by atoms with Crippen LogP contribution in [-0.2, 0) is 6.42 Å². The predicted molar refractivity (Wildman–Crippen MR) is 78.1 cm³/mol. The zero-order valence-corrected chi connectivity index (χ0v) is 12.1. The third-order valence-corrected chi connectivity index (χ3v) is 3.67. The van der Waals surface area contributed by atoms with Gasteiger partial charge in [-0.05, 0) is 24.8 Å². The Morgan fingerprint density at radius 2 is 2.19 bits per heavy atom. The average molecular weight is 286 g/mol. The van der Waals surface area contributed by atoms with Crippen molar-refractivity contribution in [2.24, 2.45) is 0 Å². The first-order chi connectivity index (χ1) is 10.1. The fraction of sp³-hybridized carbons (Fsp3) is 0.429. The molecule has 0 bridgehead atoms. The van der Waals surface area contributed by atoms with Crippen LogP contribution in [0.3, 0.4) is 0 Å². The Balaban J connectivity index is 1.73. The molecule has 21 heavy (non-hydrogen) atoms. The minimum atomic E-state index is -0.208. The van der Waals surface area contributed by atoms with Gasteiger partial charge in [-0.3, -0.25) is 9.89 Å². The molecule has 1 unspecified atom stereocenters. The molecule has 0 spiro atoms. The molecule has 2 aromatic rings. The van der Waals surface area contributed by atoms with Crippen molar-refractivity contribution in [2.75, 3.05) is 19.0 Å². The van der Waals surface area contributed by atoms with Gasteiger partial charge in [0.25, 0.3) is 5.91 Å². The molecule has 1 aliphatic rings. The van der Waals surface area contributed by atoms with Gasteiger partial charge in [0.05, 0.1) is 30.3 Å². The highest BCUT2D eigenvalue weighted by molar-refractivity contribution is 5.92. The molecular weight excluding hydrogens is 268 g/mol. The van der Waals surface area contributed by atoms with Crippen molar-refractivity contribution in [3.63, 3.8) is 0 Å². The fourth-order valence-electron chi connectivity index (χ4n) is 2.51. The molecule has 0 radical (unpaired) electrons. The number of fused-ring (bicyclic) bond motifs is 1. The van der Waals surface area contributed by atoms with Crippen molar-refractivity contribution >= 4 is 11.7 Å². The van der Waals surface area contributed by atoms with Crippen LogP contribution in [0.15, 0.2) is 18.6 Å². The van der Waals surface area contributed by atoms with Crippen molar-refractivity contribution in [3.05, 3.63) is 35.5 Å². The number of aromatic amines is 1. The zero-order chi connectivity index (χ0) is 14.8. The minimum absolute atomic E-state index is 0.0286. The Labute approximate surface area is 122 Å². The second-order valence-corrected chi connectivity index (χ2v) is 5.38. The lowest BCUT2D eigenvalue weighted by molar-refractivity contribution is 0.0926. The van der Waals surface area contributed by atoms with Crippen molar-refractivity contribution in [1.82, 2.24) is 25.5 Å². The third kappa shape index (κ3) is 2.72. The molecule has 0 saturated heterocycles. The number of carbonyl (C=O) groups is 1. The number of nitrogens with zero attached hydrogens (tertiary/aromatic N) is 4. The number of aromatic nitrogens is 4. The van der Waals surface area contributed by atoms with Crippen LogP contribution in [-0.4, -0.2) is 40.2 Å². The molecule has 1 amide bonds. The largest absolute Gasteiger partial charge is 0.361 e. The van der Waals surface area contributed by atoms with Gasteiger partial charge in [-0.1, -0.05) is 0 Å². The summed E-state index contributed by atoms with van der Waals surface area (Å²) < 4.78 is 0. The van der Waals surface area contributed by atoms with Crippen molar-refractivity contribution in [2.45, 2.75) is 25.3 Å². The van der Waals surface area contributed by atoms with Crippen LogP contribution in [0.2, 0.25) is 0 Å². The van der Waals surface area contributed by atoms with Gasteiger partial charge in [0.15, 0.2) is 0 Å². The zero-order valence-electron chi connectivity index (χ0n) is 12.1. The molecule has 1 aliphatic carbocycles. The van der Waals surface area contributed by atoms with Gasteiger partial charge in [-0.25, -0.2) is 9.97 Å².